The molecule has 0 aromatic carbocycles. The van der Waals surface area contributed by atoms with Crippen LogP contribution >= 0.6 is 11.8 Å². The van der Waals surface area contributed by atoms with Crippen LogP contribution < -0.4 is 11.1 Å². The molecule has 2 heterocycles. The molecule has 0 saturated carbocycles. The number of aromatic nitrogens is 4. The Labute approximate surface area is 125 Å². The average Bonchev–Trinajstić information content (AvgIpc) is 2.85. The van der Waals surface area contributed by atoms with Gasteiger partial charge < -0.3 is 15.6 Å². The summed E-state index contributed by atoms with van der Waals surface area (Å²) in [5.41, 5.74) is 5.84. The van der Waals surface area contributed by atoms with Gasteiger partial charge >= 0.3 is 0 Å². The van der Waals surface area contributed by atoms with Crippen molar-refractivity contribution in [1.29, 1.82) is 0 Å². The van der Waals surface area contributed by atoms with Crippen LogP contribution in [-0.4, -0.2) is 43.9 Å². The van der Waals surface area contributed by atoms with Crippen molar-refractivity contribution in [3.05, 3.63) is 24.5 Å². The summed E-state index contributed by atoms with van der Waals surface area (Å²) < 4.78 is 1.79. The molecule has 2 amide bonds. The lowest BCUT2D eigenvalue weighted by molar-refractivity contribution is -0.123. The van der Waals surface area contributed by atoms with Gasteiger partial charge in [0.15, 0.2) is 11.0 Å². The van der Waals surface area contributed by atoms with Gasteiger partial charge in [-0.15, -0.1) is 10.2 Å². The molecule has 2 aromatic heterocycles. The van der Waals surface area contributed by atoms with E-state index in [9.17, 15) is 9.59 Å². The SMILES string of the molecule is Cn1c(SCC(=O)NCC(N)=O)nnc1-c1ccncc1. The summed E-state index contributed by atoms with van der Waals surface area (Å²) in [5, 5.41) is 11.2. The molecule has 0 radical (unpaired) electrons. The van der Waals surface area contributed by atoms with Gasteiger partial charge in [-0.1, -0.05) is 11.8 Å². The molecule has 0 aliphatic heterocycles. The predicted molar refractivity (Wildman–Crippen MR) is 77.2 cm³/mol. The van der Waals surface area contributed by atoms with Crippen molar-refractivity contribution in [3.8, 4) is 11.4 Å². The third-order valence-electron chi connectivity index (χ3n) is 2.57. The van der Waals surface area contributed by atoms with Gasteiger partial charge in [0, 0.05) is 25.0 Å². The zero-order valence-electron chi connectivity index (χ0n) is 11.3. The van der Waals surface area contributed by atoms with Crippen molar-refractivity contribution in [3.63, 3.8) is 0 Å². The standard InChI is InChI=1S/C12H14N6O2S/c1-18-11(8-2-4-14-5-3-8)16-17-12(18)21-7-10(20)15-6-9(13)19/h2-5H,6-7H2,1H3,(H2,13,19)(H,15,20). The first-order chi connectivity index (χ1) is 10.1. The first kappa shape index (κ1) is 15.0. The lowest BCUT2D eigenvalue weighted by Crippen LogP contribution is -2.34. The van der Waals surface area contributed by atoms with E-state index in [1.165, 1.54) is 11.8 Å². The maximum atomic E-state index is 11.5. The van der Waals surface area contributed by atoms with Gasteiger partial charge in [0.05, 0.1) is 12.3 Å². The molecule has 21 heavy (non-hydrogen) atoms. The minimum Gasteiger partial charge on any atom is -0.368 e. The number of nitrogens with zero attached hydrogens (tertiary/aromatic N) is 4. The van der Waals surface area contributed by atoms with Gasteiger partial charge in [-0.2, -0.15) is 0 Å². The fourth-order valence-corrected chi connectivity index (χ4v) is 2.30. The molecule has 0 unspecified atom stereocenters. The zero-order chi connectivity index (χ0) is 15.2. The Morgan fingerprint density at radius 2 is 2.05 bits per heavy atom. The number of nitrogens with one attached hydrogen (secondary N) is 1. The summed E-state index contributed by atoms with van der Waals surface area (Å²) in [4.78, 5) is 26.0. The molecule has 0 saturated heterocycles. The zero-order valence-corrected chi connectivity index (χ0v) is 12.1. The Balaban J connectivity index is 1.98. The molecule has 2 aromatic rings. The van der Waals surface area contributed by atoms with E-state index in [4.69, 9.17) is 5.73 Å². The van der Waals surface area contributed by atoms with E-state index in [1.54, 1.807) is 17.0 Å². The minimum absolute atomic E-state index is 0.135. The van der Waals surface area contributed by atoms with Gasteiger partial charge in [-0.05, 0) is 12.1 Å². The van der Waals surface area contributed by atoms with Crippen molar-refractivity contribution < 1.29 is 9.59 Å². The van der Waals surface area contributed by atoms with Crippen LogP contribution in [0.1, 0.15) is 0 Å². The van der Waals surface area contributed by atoms with Crippen molar-refractivity contribution in [1.82, 2.24) is 25.1 Å². The molecular weight excluding hydrogens is 292 g/mol. The van der Waals surface area contributed by atoms with Crippen LogP contribution in [0.4, 0.5) is 0 Å². The highest BCUT2D eigenvalue weighted by Crippen LogP contribution is 2.21. The van der Waals surface area contributed by atoms with Crippen LogP contribution in [0.5, 0.6) is 0 Å². The predicted octanol–water partition coefficient (Wildman–Crippen LogP) is -0.429. The summed E-state index contributed by atoms with van der Waals surface area (Å²) in [6, 6.07) is 3.66. The Hall–Kier alpha value is -2.42. The number of hydrogen-bond acceptors (Lipinski definition) is 6. The summed E-state index contributed by atoms with van der Waals surface area (Å²) in [7, 11) is 1.82. The normalized spacial score (nSPS) is 10.3. The van der Waals surface area contributed by atoms with E-state index in [0.29, 0.717) is 11.0 Å². The molecular formula is C12H14N6O2S. The molecule has 2 rings (SSSR count). The molecule has 0 fully saturated rings. The van der Waals surface area contributed by atoms with Gasteiger partial charge in [-0.25, -0.2) is 0 Å². The number of carbonyl (C=O) groups is 2. The van der Waals surface area contributed by atoms with Crippen LogP contribution in [0.15, 0.2) is 29.7 Å². The van der Waals surface area contributed by atoms with Gasteiger partial charge in [0.1, 0.15) is 0 Å². The molecule has 110 valence electrons. The Morgan fingerprint density at radius 3 is 2.71 bits per heavy atom. The Kier molecular flexibility index (Phi) is 4.88. The van der Waals surface area contributed by atoms with Gasteiger partial charge in [-0.3, -0.25) is 14.6 Å². The Morgan fingerprint density at radius 1 is 1.33 bits per heavy atom. The number of nitrogens with two attached hydrogens (primary N) is 1. The molecule has 0 atom stereocenters. The average molecular weight is 306 g/mol. The summed E-state index contributed by atoms with van der Waals surface area (Å²) in [6.07, 6.45) is 3.35. The second-order valence-corrected chi connectivity index (χ2v) is 5.08. The van der Waals surface area contributed by atoms with E-state index in [-0.39, 0.29) is 18.2 Å². The number of rotatable bonds is 6. The maximum Gasteiger partial charge on any atom is 0.236 e. The number of pyridine rings is 1. The third kappa shape index (κ3) is 4.02. The molecule has 0 aliphatic carbocycles. The first-order valence-corrected chi connectivity index (χ1v) is 7.04. The van der Waals surface area contributed by atoms with E-state index >= 15 is 0 Å². The fourth-order valence-electron chi connectivity index (χ4n) is 1.56. The largest absolute Gasteiger partial charge is 0.368 e. The Bertz CT molecular complexity index is 642. The molecule has 0 aliphatic rings. The summed E-state index contributed by atoms with van der Waals surface area (Å²) >= 11 is 1.23. The van der Waals surface area contributed by atoms with E-state index in [1.807, 2.05) is 19.2 Å². The quantitative estimate of drug-likeness (QED) is 0.700. The lowest BCUT2D eigenvalue weighted by Gasteiger charge is -2.04. The lowest BCUT2D eigenvalue weighted by atomic mass is 10.2. The van der Waals surface area contributed by atoms with E-state index in [0.717, 1.165) is 5.56 Å². The summed E-state index contributed by atoms with van der Waals surface area (Å²) in [6.45, 7) is -0.166. The second kappa shape index (κ2) is 6.84. The van der Waals surface area contributed by atoms with Gasteiger partial charge in [0.2, 0.25) is 11.8 Å². The van der Waals surface area contributed by atoms with E-state index in [2.05, 4.69) is 20.5 Å². The van der Waals surface area contributed by atoms with Crippen molar-refractivity contribution in [2.24, 2.45) is 12.8 Å². The molecule has 0 spiro atoms. The number of hydrogen-bond donors (Lipinski definition) is 2. The van der Waals surface area contributed by atoms with Crippen LogP contribution in [0.2, 0.25) is 0 Å². The highest BCUT2D eigenvalue weighted by molar-refractivity contribution is 7.99. The smallest absolute Gasteiger partial charge is 0.236 e. The van der Waals surface area contributed by atoms with Crippen LogP contribution in [0, 0.1) is 0 Å². The van der Waals surface area contributed by atoms with Gasteiger partial charge in [0.25, 0.3) is 0 Å². The number of thioether (sulfide) groups is 1. The molecule has 8 nitrogen and oxygen atoms in total. The van der Waals surface area contributed by atoms with Crippen molar-refractivity contribution >= 4 is 23.6 Å². The molecule has 0 bridgehead atoms. The number of primary amides is 1. The third-order valence-corrected chi connectivity index (χ3v) is 3.59. The van der Waals surface area contributed by atoms with Crippen LogP contribution in [0.3, 0.4) is 0 Å². The first-order valence-electron chi connectivity index (χ1n) is 6.05. The number of carbonyl (C=O) groups excluding carboxylic acids is 2. The minimum atomic E-state index is -0.577. The van der Waals surface area contributed by atoms with Crippen LogP contribution in [-0.2, 0) is 16.6 Å². The van der Waals surface area contributed by atoms with E-state index < -0.39 is 5.91 Å². The fraction of sp³-hybridized carbons (Fsp3) is 0.250. The van der Waals surface area contributed by atoms with Crippen molar-refractivity contribution in [2.75, 3.05) is 12.3 Å². The van der Waals surface area contributed by atoms with Crippen LogP contribution in [0.25, 0.3) is 11.4 Å². The highest BCUT2D eigenvalue weighted by atomic mass is 32.2. The monoisotopic (exact) mass is 306 g/mol. The highest BCUT2D eigenvalue weighted by Gasteiger charge is 2.12. The molecule has 9 heteroatoms. The number of amides is 2. The van der Waals surface area contributed by atoms with Crippen molar-refractivity contribution in [2.45, 2.75) is 5.16 Å². The summed E-state index contributed by atoms with van der Waals surface area (Å²) in [5.74, 6) is -0.0352. The maximum absolute atomic E-state index is 11.5. The second-order valence-electron chi connectivity index (χ2n) is 4.13. The molecule has 3 N–H and O–H groups in total. The topological polar surface area (TPSA) is 116 Å².